The van der Waals surface area contributed by atoms with Crippen molar-refractivity contribution in [2.24, 2.45) is 0 Å². The second kappa shape index (κ2) is 7.03. The fraction of sp³-hybridized carbons (Fsp3) is 0.583. The lowest BCUT2D eigenvalue weighted by molar-refractivity contribution is 0.0417. The van der Waals surface area contributed by atoms with E-state index in [2.05, 4.69) is 15.3 Å². The zero-order valence-electron chi connectivity index (χ0n) is 10.9. The van der Waals surface area contributed by atoms with Gasteiger partial charge in [-0.3, -0.25) is 4.79 Å². The van der Waals surface area contributed by atoms with E-state index in [0.29, 0.717) is 18.1 Å². The van der Waals surface area contributed by atoms with E-state index in [1.54, 1.807) is 19.9 Å². The first kappa shape index (κ1) is 14.5. The molecule has 0 fully saturated rings. The lowest BCUT2D eigenvalue weighted by Gasteiger charge is -2.11. The van der Waals surface area contributed by atoms with Crippen LogP contribution in [0.1, 0.15) is 28.9 Å². The molecule has 1 aromatic rings. The average Bonchev–Trinajstić information content (AvgIpc) is 2.32. The lowest BCUT2D eigenvalue weighted by atomic mass is 10.3. The molecule has 0 bridgehead atoms. The van der Waals surface area contributed by atoms with Gasteiger partial charge in [0.1, 0.15) is 11.5 Å². The number of carbonyl (C=O) groups excluding carboxylic acids is 1. The number of amides is 1. The number of rotatable bonds is 6. The van der Waals surface area contributed by atoms with Crippen molar-refractivity contribution in [3.05, 3.63) is 23.3 Å². The summed E-state index contributed by atoms with van der Waals surface area (Å²) in [4.78, 5) is 19.9. The van der Waals surface area contributed by atoms with Gasteiger partial charge in [-0.25, -0.2) is 9.97 Å². The first-order valence-corrected chi connectivity index (χ1v) is 5.89. The molecule has 100 valence electrons. The summed E-state index contributed by atoms with van der Waals surface area (Å²) in [7, 11) is 0. The Kier molecular flexibility index (Phi) is 5.67. The van der Waals surface area contributed by atoms with Gasteiger partial charge in [0.25, 0.3) is 5.91 Å². The molecule has 0 saturated heterocycles. The fourth-order valence-corrected chi connectivity index (χ4v) is 1.45. The van der Waals surface area contributed by atoms with Crippen molar-refractivity contribution in [1.82, 2.24) is 15.3 Å². The molecule has 0 aliphatic heterocycles. The summed E-state index contributed by atoms with van der Waals surface area (Å²) in [6.07, 6.45) is -0.710. The Hall–Kier alpha value is -1.53. The molecule has 0 aromatic carbocycles. The van der Waals surface area contributed by atoms with E-state index >= 15 is 0 Å². The molecule has 1 aromatic heterocycles. The molecular weight excluding hydrogens is 234 g/mol. The number of aryl methyl sites for hydroxylation is 2. The summed E-state index contributed by atoms with van der Waals surface area (Å²) in [6.45, 7) is 6.26. The zero-order chi connectivity index (χ0) is 13.5. The lowest BCUT2D eigenvalue weighted by Crippen LogP contribution is -2.35. The molecule has 1 rings (SSSR count). The second-order valence-corrected chi connectivity index (χ2v) is 3.97. The molecule has 1 amide bonds. The van der Waals surface area contributed by atoms with Gasteiger partial charge in [0.2, 0.25) is 0 Å². The van der Waals surface area contributed by atoms with E-state index < -0.39 is 6.10 Å². The molecule has 1 heterocycles. The Bertz CT molecular complexity index is 389. The standard InChI is InChI=1S/C12H19N3O3/c1-4-18-7-10(16)6-13-12(17)11-5-8(2)14-9(3)15-11/h5,10,16H,4,6-7H2,1-3H3,(H,13,17). The summed E-state index contributed by atoms with van der Waals surface area (Å²) in [5.41, 5.74) is 1.05. The second-order valence-electron chi connectivity index (χ2n) is 3.97. The number of aliphatic hydroxyl groups excluding tert-OH is 1. The Labute approximate surface area is 106 Å². The third-order valence-electron chi connectivity index (χ3n) is 2.21. The Morgan fingerprint density at radius 2 is 2.22 bits per heavy atom. The van der Waals surface area contributed by atoms with Crippen LogP contribution in [0, 0.1) is 13.8 Å². The highest BCUT2D eigenvalue weighted by Crippen LogP contribution is 2.00. The van der Waals surface area contributed by atoms with Crippen LogP contribution in [0.25, 0.3) is 0 Å². The van der Waals surface area contributed by atoms with Crippen molar-refractivity contribution >= 4 is 5.91 Å². The van der Waals surface area contributed by atoms with Crippen LogP contribution in [-0.2, 0) is 4.74 Å². The van der Waals surface area contributed by atoms with Crippen molar-refractivity contribution in [2.45, 2.75) is 26.9 Å². The van der Waals surface area contributed by atoms with Gasteiger partial charge in [-0.1, -0.05) is 0 Å². The van der Waals surface area contributed by atoms with Gasteiger partial charge < -0.3 is 15.2 Å². The van der Waals surface area contributed by atoms with E-state index in [9.17, 15) is 9.90 Å². The van der Waals surface area contributed by atoms with Crippen molar-refractivity contribution in [2.75, 3.05) is 19.8 Å². The Morgan fingerprint density at radius 1 is 1.50 bits per heavy atom. The van der Waals surface area contributed by atoms with Gasteiger partial charge in [0, 0.05) is 18.8 Å². The van der Waals surface area contributed by atoms with Crippen molar-refractivity contribution in [3.8, 4) is 0 Å². The number of hydrogen-bond donors (Lipinski definition) is 2. The zero-order valence-corrected chi connectivity index (χ0v) is 10.9. The molecule has 0 saturated carbocycles. The van der Waals surface area contributed by atoms with Gasteiger partial charge in [-0.15, -0.1) is 0 Å². The maximum Gasteiger partial charge on any atom is 0.270 e. The third kappa shape index (κ3) is 4.77. The minimum Gasteiger partial charge on any atom is -0.389 e. The molecule has 0 aliphatic rings. The molecule has 0 spiro atoms. The first-order valence-electron chi connectivity index (χ1n) is 5.89. The van der Waals surface area contributed by atoms with Crippen LogP contribution in [0.4, 0.5) is 0 Å². The molecule has 18 heavy (non-hydrogen) atoms. The van der Waals surface area contributed by atoms with Crippen LogP contribution < -0.4 is 5.32 Å². The van der Waals surface area contributed by atoms with Crippen molar-refractivity contribution in [3.63, 3.8) is 0 Å². The smallest absolute Gasteiger partial charge is 0.270 e. The number of nitrogens with one attached hydrogen (secondary N) is 1. The van der Waals surface area contributed by atoms with E-state index in [0.717, 1.165) is 5.69 Å². The van der Waals surface area contributed by atoms with E-state index in [1.165, 1.54) is 0 Å². The van der Waals surface area contributed by atoms with Crippen LogP contribution in [0.5, 0.6) is 0 Å². The molecule has 0 radical (unpaired) electrons. The summed E-state index contributed by atoms with van der Waals surface area (Å²) in [5.74, 6) is 0.231. The maximum atomic E-state index is 11.8. The first-order chi connectivity index (χ1) is 8.52. The minimum absolute atomic E-state index is 0.140. The predicted molar refractivity (Wildman–Crippen MR) is 66.3 cm³/mol. The number of hydrogen-bond acceptors (Lipinski definition) is 5. The Morgan fingerprint density at radius 3 is 2.83 bits per heavy atom. The summed E-state index contributed by atoms with van der Waals surface area (Å²) < 4.78 is 5.04. The quantitative estimate of drug-likeness (QED) is 0.757. The molecular formula is C12H19N3O3. The molecule has 6 heteroatoms. The van der Waals surface area contributed by atoms with Gasteiger partial charge in [-0.2, -0.15) is 0 Å². The number of carbonyl (C=O) groups is 1. The molecule has 1 atom stereocenters. The number of aromatic nitrogens is 2. The van der Waals surface area contributed by atoms with Crippen LogP contribution in [-0.4, -0.2) is 46.8 Å². The van der Waals surface area contributed by atoms with Gasteiger partial charge in [-0.05, 0) is 26.8 Å². The van der Waals surface area contributed by atoms with Crippen molar-refractivity contribution < 1.29 is 14.6 Å². The number of aliphatic hydroxyl groups is 1. The highest BCUT2D eigenvalue weighted by atomic mass is 16.5. The van der Waals surface area contributed by atoms with E-state index in [4.69, 9.17) is 4.74 Å². The molecule has 1 unspecified atom stereocenters. The molecule has 0 aliphatic carbocycles. The fourth-order valence-electron chi connectivity index (χ4n) is 1.45. The highest BCUT2D eigenvalue weighted by Gasteiger charge is 2.11. The number of ether oxygens (including phenoxy) is 1. The monoisotopic (exact) mass is 253 g/mol. The predicted octanol–water partition coefficient (Wildman–Crippen LogP) is 0.221. The third-order valence-corrected chi connectivity index (χ3v) is 2.21. The molecule has 2 N–H and O–H groups in total. The van der Waals surface area contributed by atoms with Gasteiger partial charge in [0.05, 0.1) is 12.7 Å². The largest absolute Gasteiger partial charge is 0.389 e. The summed E-state index contributed by atoms with van der Waals surface area (Å²) in [6, 6.07) is 1.61. The number of nitrogens with zero attached hydrogens (tertiary/aromatic N) is 2. The molecule has 6 nitrogen and oxygen atoms in total. The van der Waals surface area contributed by atoms with E-state index in [-0.39, 0.29) is 19.1 Å². The van der Waals surface area contributed by atoms with Crippen LogP contribution in [0.3, 0.4) is 0 Å². The van der Waals surface area contributed by atoms with Gasteiger partial charge >= 0.3 is 0 Å². The topological polar surface area (TPSA) is 84.3 Å². The maximum absolute atomic E-state index is 11.8. The normalized spacial score (nSPS) is 12.2. The van der Waals surface area contributed by atoms with Crippen LogP contribution >= 0.6 is 0 Å². The highest BCUT2D eigenvalue weighted by molar-refractivity contribution is 5.92. The average molecular weight is 253 g/mol. The summed E-state index contributed by atoms with van der Waals surface area (Å²) in [5, 5.41) is 12.1. The summed E-state index contributed by atoms with van der Waals surface area (Å²) >= 11 is 0. The SMILES string of the molecule is CCOCC(O)CNC(=O)c1cc(C)nc(C)n1. The van der Waals surface area contributed by atoms with E-state index in [1.807, 2.05) is 6.92 Å². The minimum atomic E-state index is -0.710. The van der Waals surface area contributed by atoms with Crippen molar-refractivity contribution in [1.29, 1.82) is 0 Å². The van der Waals surface area contributed by atoms with Crippen LogP contribution in [0.2, 0.25) is 0 Å². The Balaban J connectivity index is 2.50. The van der Waals surface area contributed by atoms with Gasteiger partial charge in [0.15, 0.2) is 0 Å². The van der Waals surface area contributed by atoms with Crippen LogP contribution in [0.15, 0.2) is 6.07 Å².